The molecule has 0 aromatic carbocycles. The van der Waals surface area contributed by atoms with Crippen molar-refractivity contribution < 1.29 is 14.3 Å². The van der Waals surface area contributed by atoms with Gasteiger partial charge in [-0.05, 0) is 32.6 Å². The third-order valence-electron chi connectivity index (χ3n) is 4.50. The molecule has 2 unspecified atom stereocenters. The molecule has 1 saturated heterocycles. The van der Waals surface area contributed by atoms with Gasteiger partial charge in [0.2, 0.25) is 11.8 Å². The Labute approximate surface area is 121 Å². The second-order valence-corrected chi connectivity index (χ2v) is 5.79. The molecule has 1 aliphatic heterocycles. The fraction of sp³-hybridized carbons (Fsp3) is 0.867. The van der Waals surface area contributed by atoms with E-state index in [-0.39, 0.29) is 23.9 Å². The van der Waals surface area contributed by atoms with E-state index < -0.39 is 0 Å². The summed E-state index contributed by atoms with van der Waals surface area (Å²) in [5, 5.41) is 2.94. The first-order chi connectivity index (χ1) is 9.65. The van der Waals surface area contributed by atoms with Crippen molar-refractivity contribution in [1.82, 2.24) is 10.2 Å². The van der Waals surface area contributed by atoms with Crippen LogP contribution in [0.4, 0.5) is 0 Å². The van der Waals surface area contributed by atoms with Gasteiger partial charge in [-0.1, -0.05) is 19.3 Å². The van der Waals surface area contributed by atoms with Gasteiger partial charge in [-0.15, -0.1) is 0 Å². The number of hydrogen-bond acceptors (Lipinski definition) is 3. The van der Waals surface area contributed by atoms with Gasteiger partial charge in [-0.2, -0.15) is 0 Å². The minimum atomic E-state index is -0.386. The number of hydrogen-bond donors (Lipinski definition) is 1. The highest BCUT2D eigenvalue weighted by Crippen LogP contribution is 2.29. The molecule has 2 rings (SSSR count). The number of rotatable bonds is 5. The quantitative estimate of drug-likeness (QED) is 0.774. The van der Waals surface area contributed by atoms with Crippen molar-refractivity contribution in [3.63, 3.8) is 0 Å². The van der Waals surface area contributed by atoms with Crippen molar-refractivity contribution in [2.45, 2.75) is 58.0 Å². The van der Waals surface area contributed by atoms with Gasteiger partial charge in [-0.25, -0.2) is 0 Å². The lowest BCUT2D eigenvalue weighted by Crippen LogP contribution is -2.64. The van der Waals surface area contributed by atoms with Crippen molar-refractivity contribution in [3.8, 4) is 0 Å². The first-order valence-corrected chi connectivity index (χ1v) is 7.83. The zero-order chi connectivity index (χ0) is 14.5. The molecule has 20 heavy (non-hydrogen) atoms. The fourth-order valence-corrected chi connectivity index (χ4v) is 3.24. The van der Waals surface area contributed by atoms with E-state index in [1.54, 1.807) is 11.8 Å². The lowest BCUT2D eigenvalue weighted by atomic mass is 9.82. The molecule has 1 heterocycles. The molecule has 0 aromatic heterocycles. The Bertz CT molecular complexity index is 353. The Morgan fingerprint density at radius 3 is 2.60 bits per heavy atom. The summed E-state index contributed by atoms with van der Waals surface area (Å²) < 4.78 is 5.32. The first kappa shape index (κ1) is 15.3. The molecule has 0 aromatic rings. The van der Waals surface area contributed by atoms with Gasteiger partial charge < -0.3 is 15.0 Å². The van der Waals surface area contributed by atoms with Crippen LogP contribution in [0, 0.1) is 5.92 Å². The average molecular weight is 282 g/mol. The van der Waals surface area contributed by atoms with E-state index in [4.69, 9.17) is 4.74 Å². The smallest absolute Gasteiger partial charge is 0.246 e. The summed E-state index contributed by atoms with van der Waals surface area (Å²) in [6.45, 7) is 5.35. The summed E-state index contributed by atoms with van der Waals surface area (Å²) in [6.07, 6.45) is 5.67. The Kier molecular flexibility index (Phi) is 5.40. The SMILES string of the molecule is CCOCCN1C(=O)C(C2CCCCC2)NC(=O)C1C. The van der Waals surface area contributed by atoms with Gasteiger partial charge in [-0.3, -0.25) is 9.59 Å². The van der Waals surface area contributed by atoms with E-state index in [0.717, 1.165) is 12.8 Å². The van der Waals surface area contributed by atoms with Crippen molar-refractivity contribution in [2.75, 3.05) is 19.8 Å². The van der Waals surface area contributed by atoms with Crippen LogP contribution >= 0.6 is 0 Å². The van der Waals surface area contributed by atoms with Crippen LogP contribution in [0.5, 0.6) is 0 Å². The third-order valence-corrected chi connectivity index (χ3v) is 4.50. The number of carbonyl (C=O) groups excluding carboxylic acids is 2. The van der Waals surface area contributed by atoms with E-state index in [9.17, 15) is 9.59 Å². The number of piperazine rings is 1. The third kappa shape index (κ3) is 3.32. The maximum absolute atomic E-state index is 12.6. The molecule has 1 saturated carbocycles. The van der Waals surface area contributed by atoms with E-state index in [1.165, 1.54) is 19.3 Å². The number of ether oxygens (including phenoxy) is 1. The number of nitrogens with one attached hydrogen (secondary N) is 1. The van der Waals surface area contributed by atoms with E-state index in [1.807, 2.05) is 6.92 Å². The lowest BCUT2D eigenvalue weighted by molar-refractivity contribution is -0.151. The van der Waals surface area contributed by atoms with Crippen LogP contribution in [-0.4, -0.2) is 48.6 Å². The normalized spacial score (nSPS) is 28.6. The maximum Gasteiger partial charge on any atom is 0.246 e. The van der Waals surface area contributed by atoms with Gasteiger partial charge in [0.05, 0.1) is 6.61 Å². The highest BCUT2D eigenvalue weighted by atomic mass is 16.5. The molecule has 1 aliphatic carbocycles. The van der Waals surface area contributed by atoms with Gasteiger partial charge in [0.25, 0.3) is 0 Å². The molecule has 1 N–H and O–H groups in total. The topological polar surface area (TPSA) is 58.6 Å². The predicted octanol–water partition coefficient (Wildman–Crippen LogP) is 1.32. The minimum Gasteiger partial charge on any atom is -0.380 e. The second kappa shape index (κ2) is 7.07. The molecule has 0 spiro atoms. The Morgan fingerprint density at radius 2 is 1.95 bits per heavy atom. The second-order valence-electron chi connectivity index (χ2n) is 5.79. The van der Waals surface area contributed by atoms with Crippen LogP contribution in [0.2, 0.25) is 0 Å². The number of carbonyl (C=O) groups is 2. The molecule has 114 valence electrons. The van der Waals surface area contributed by atoms with E-state index in [2.05, 4.69) is 5.32 Å². The standard InChI is InChI=1S/C15H26N2O3/c1-3-20-10-9-17-11(2)14(18)16-13(15(17)19)12-7-5-4-6-8-12/h11-13H,3-10H2,1-2H3,(H,16,18). The van der Waals surface area contributed by atoms with Crippen molar-refractivity contribution in [2.24, 2.45) is 5.92 Å². The van der Waals surface area contributed by atoms with Crippen LogP contribution in [-0.2, 0) is 14.3 Å². The zero-order valence-corrected chi connectivity index (χ0v) is 12.6. The first-order valence-electron chi connectivity index (χ1n) is 7.83. The molecule has 2 fully saturated rings. The number of nitrogens with zero attached hydrogens (tertiary/aromatic N) is 1. The van der Waals surface area contributed by atoms with Crippen molar-refractivity contribution in [1.29, 1.82) is 0 Å². The summed E-state index contributed by atoms with van der Waals surface area (Å²) in [5.41, 5.74) is 0. The summed E-state index contributed by atoms with van der Waals surface area (Å²) in [6, 6.07) is -0.705. The van der Waals surface area contributed by atoms with Gasteiger partial charge in [0.1, 0.15) is 12.1 Å². The molecule has 5 nitrogen and oxygen atoms in total. The van der Waals surface area contributed by atoms with Crippen LogP contribution in [0.25, 0.3) is 0 Å². The van der Waals surface area contributed by atoms with Gasteiger partial charge in [0, 0.05) is 13.2 Å². The summed E-state index contributed by atoms with van der Waals surface area (Å²) in [4.78, 5) is 26.4. The molecule has 2 atom stereocenters. The maximum atomic E-state index is 12.6. The Morgan fingerprint density at radius 1 is 1.25 bits per heavy atom. The van der Waals surface area contributed by atoms with Gasteiger partial charge >= 0.3 is 0 Å². The largest absolute Gasteiger partial charge is 0.380 e. The molecule has 5 heteroatoms. The van der Waals surface area contributed by atoms with Crippen LogP contribution in [0.15, 0.2) is 0 Å². The highest BCUT2D eigenvalue weighted by Gasteiger charge is 2.41. The highest BCUT2D eigenvalue weighted by molar-refractivity contribution is 5.96. The molecule has 2 aliphatic rings. The lowest BCUT2D eigenvalue weighted by Gasteiger charge is -2.41. The van der Waals surface area contributed by atoms with Crippen LogP contribution < -0.4 is 5.32 Å². The summed E-state index contributed by atoms with van der Waals surface area (Å²) in [5.74, 6) is 0.350. The average Bonchev–Trinajstić information content (AvgIpc) is 2.47. The predicted molar refractivity (Wildman–Crippen MR) is 76.2 cm³/mol. The van der Waals surface area contributed by atoms with Crippen LogP contribution in [0.3, 0.4) is 0 Å². The monoisotopic (exact) mass is 282 g/mol. The van der Waals surface area contributed by atoms with E-state index in [0.29, 0.717) is 25.7 Å². The summed E-state index contributed by atoms with van der Waals surface area (Å²) in [7, 11) is 0. The number of amides is 2. The van der Waals surface area contributed by atoms with Gasteiger partial charge in [0.15, 0.2) is 0 Å². The van der Waals surface area contributed by atoms with Crippen LogP contribution in [0.1, 0.15) is 46.0 Å². The Balaban J connectivity index is 2.02. The van der Waals surface area contributed by atoms with Crippen molar-refractivity contribution in [3.05, 3.63) is 0 Å². The molecular formula is C15H26N2O3. The minimum absolute atomic E-state index is 0.0309. The molecular weight excluding hydrogens is 256 g/mol. The van der Waals surface area contributed by atoms with E-state index >= 15 is 0 Å². The Hall–Kier alpha value is -1.10. The summed E-state index contributed by atoms with van der Waals surface area (Å²) >= 11 is 0. The fourth-order valence-electron chi connectivity index (χ4n) is 3.24. The molecule has 2 amide bonds. The van der Waals surface area contributed by atoms with Crippen molar-refractivity contribution >= 4 is 11.8 Å². The molecule has 0 radical (unpaired) electrons. The zero-order valence-electron chi connectivity index (χ0n) is 12.6. The molecule has 0 bridgehead atoms.